The number of carbonyl (C=O) groups excluding carboxylic acids is 1. The number of aliphatic carboxylic acids is 1. The van der Waals surface area contributed by atoms with E-state index in [1.807, 2.05) is 20.1 Å². The molecule has 0 aliphatic heterocycles. The van der Waals surface area contributed by atoms with Crippen molar-refractivity contribution < 1.29 is 14.7 Å². The van der Waals surface area contributed by atoms with E-state index in [-0.39, 0.29) is 11.6 Å². The molecule has 112 valence electrons. The molecule has 0 bridgehead atoms. The van der Waals surface area contributed by atoms with Crippen molar-refractivity contribution in [2.24, 2.45) is 0 Å². The number of hydrogen-bond acceptors (Lipinski definition) is 5. The van der Waals surface area contributed by atoms with Crippen LogP contribution in [0.25, 0.3) is 0 Å². The van der Waals surface area contributed by atoms with E-state index in [2.05, 4.69) is 10.6 Å². The van der Waals surface area contributed by atoms with Gasteiger partial charge < -0.3 is 15.7 Å². The summed E-state index contributed by atoms with van der Waals surface area (Å²) in [5, 5.41) is 23.2. The number of nitrogens with one attached hydrogen (secondary N) is 2. The summed E-state index contributed by atoms with van der Waals surface area (Å²) in [5.41, 5.74) is -0.124. The van der Waals surface area contributed by atoms with Gasteiger partial charge in [-0.1, -0.05) is 6.92 Å². The summed E-state index contributed by atoms with van der Waals surface area (Å²) >= 11 is 1.50. The summed E-state index contributed by atoms with van der Waals surface area (Å²) in [4.78, 5) is 22.9. The number of nitrogens with zero attached hydrogens (tertiary/aromatic N) is 1. The van der Waals surface area contributed by atoms with E-state index in [1.54, 1.807) is 6.07 Å². The summed E-state index contributed by atoms with van der Waals surface area (Å²) in [6.07, 6.45) is 4.36. The number of carbonyl (C=O) groups is 2. The lowest BCUT2D eigenvalue weighted by molar-refractivity contribution is -0.141. The van der Waals surface area contributed by atoms with Gasteiger partial charge in [0, 0.05) is 12.2 Å². The van der Waals surface area contributed by atoms with Gasteiger partial charge in [0.15, 0.2) is 0 Å². The Bertz CT molecular complexity index is 404. The predicted octanol–water partition coefficient (Wildman–Crippen LogP) is 1.10. The fraction of sp³-hybridized carbons (Fsp3) is 0.615. The van der Waals surface area contributed by atoms with Crippen molar-refractivity contribution >= 4 is 23.6 Å². The Morgan fingerprint density at radius 1 is 1.50 bits per heavy atom. The zero-order chi connectivity index (χ0) is 15.5. The molecule has 0 spiro atoms. The van der Waals surface area contributed by atoms with Gasteiger partial charge in [-0.25, -0.2) is 4.79 Å². The molecule has 0 rings (SSSR count). The maximum atomic E-state index is 11.8. The van der Waals surface area contributed by atoms with Crippen molar-refractivity contribution in [3.05, 3.63) is 11.8 Å². The minimum absolute atomic E-state index is 0.124. The first kappa shape index (κ1) is 18.3. The quantitative estimate of drug-likeness (QED) is 0.435. The molecule has 7 heteroatoms. The van der Waals surface area contributed by atoms with Gasteiger partial charge in [-0.15, -0.1) is 0 Å². The minimum atomic E-state index is -1.10. The van der Waals surface area contributed by atoms with E-state index in [4.69, 9.17) is 10.4 Å². The van der Waals surface area contributed by atoms with Gasteiger partial charge in [0.1, 0.15) is 17.7 Å². The number of amides is 1. The number of hydrogen-bond donors (Lipinski definition) is 3. The van der Waals surface area contributed by atoms with Gasteiger partial charge in [-0.05, 0) is 31.8 Å². The first-order valence-electron chi connectivity index (χ1n) is 6.35. The smallest absolute Gasteiger partial charge is 0.326 e. The molecule has 0 heterocycles. The van der Waals surface area contributed by atoms with Crippen LogP contribution in [-0.4, -0.2) is 41.1 Å². The normalized spacial score (nSPS) is 14.0. The van der Waals surface area contributed by atoms with Gasteiger partial charge in [0.25, 0.3) is 5.91 Å². The molecule has 0 aliphatic carbocycles. The molecule has 1 amide bonds. The van der Waals surface area contributed by atoms with Crippen LogP contribution in [0.5, 0.6) is 0 Å². The zero-order valence-electron chi connectivity index (χ0n) is 12.0. The summed E-state index contributed by atoms with van der Waals surface area (Å²) in [6.45, 7) is 3.89. The third-order valence-electron chi connectivity index (χ3n) is 2.70. The molecule has 2 unspecified atom stereocenters. The number of carboxylic acids is 1. The van der Waals surface area contributed by atoms with Crippen LogP contribution in [0, 0.1) is 11.3 Å². The van der Waals surface area contributed by atoms with E-state index in [0.29, 0.717) is 12.2 Å². The third kappa shape index (κ3) is 7.04. The number of thioether (sulfide) groups is 1. The molecule has 0 aromatic rings. The molecule has 0 saturated heterocycles. The number of rotatable bonds is 9. The molecule has 0 fully saturated rings. The van der Waals surface area contributed by atoms with Crippen molar-refractivity contribution in [3.63, 3.8) is 0 Å². The molecular formula is C13H21N3O3S. The Labute approximate surface area is 123 Å². The second-order valence-corrected chi connectivity index (χ2v) is 5.28. The average Bonchev–Trinajstić information content (AvgIpc) is 2.43. The topological polar surface area (TPSA) is 102 Å². The Morgan fingerprint density at radius 2 is 2.15 bits per heavy atom. The van der Waals surface area contributed by atoms with Crippen LogP contribution >= 0.6 is 11.8 Å². The Hall–Kier alpha value is -1.68. The van der Waals surface area contributed by atoms with E-state index < -0.39 is 17.9 Å². The zero-order valence-corrected chi connectivity index (χ0v) is 12.8. The monoisotopic (exact) mass is 299 g/mol. The van der Waals surface area contributed by atoms with Crippen LogP contribution in [0.2, 0.25) is 0 Å². The average molecular weight is 299 g/mol. The van der Waals surface area contributed by atoms with E-state index >= 15 is 0 Å². The van der Waals surface area contributed by atoms with Gasteiger partial charge in [-0.2, -0.15) is 17.0 Å². The summed E-state index contributed by atoms with van der Waals surface area (Å²) < 4.78 is 0. The van der Waals surface area contributed by atoms with E-state index in [0.717, 1.165) is 6.42 Å². The number of nitriles is 1. The SMILES string of the molecule is CCC(C)N/C=C(/C#N)C(=O)NC(CCSC)C(=O)O. The van der Waals surface area contributed by atoms with Gasteiger partial charge in [0.05, 0.1) is 0 Å². The largest absolute Gasteiger partial charge is 0.480 e. The lowest BCUT2D eigenvalue weighted by Gasteiger charge is -2.14. The summed E-state index contributed by atoms with van der Waals surface area (Å²) in [6, 6.07) is 0.930. The fourth-order valence-electron chi connectivity index (χ4n) is 1.22. The predicted molar refractivity (Wildman–Crippen MR) is 79.2 cm³/mol. The van der Waals surface area contributed by atoms with Gasteiger partial charge in [0.2, 0.25) is 0 Å². The Morgan fingerprint density at radius 3 is 2.60 bits per heavy atom. The Kier molecular flexibility index (Phi) is 9.30. The fourth-order valence-corrected chi connectivity index (χ4v) is 1.69. The standard InChI is InChI=1S/C13H21N3O3S/c1-4-9(2)15-8-10(7-14)12(17)16-11(13(18)19)5-6-20-3/h8-9,11,15H,4-6H2,1-3H3,(H,16,17)(H,18,19)/b10-8-. The third-order valence-corrected chi connectivity index (χ3v) is 3.35. The van der Waals surface area contributed by atoms with E-state index in [9.17, 15) is 9.59 Å². The first-order chi connectivity index (χ1) is 9.46. The van der Waals surface area contributed by atoms with Crippen LogP contribution < -0.4 is 10.6 Å². The molecule has 0 aromatic heterocycles. The van der Waals surface area contributed by atoms with Crippen molar-refractivity contribution in [1.29, 1.82) is 5.26 Å². The second kappa shape index (κ2) is 10.1. The molecule has 0 aromatic carbocycles. The van der Waals surface area contributed by atoms with Crippen LogP contribution in [0.1, 0.15) is 26.7 Å². The molecule has 20 heavy (non-hydrogen) atoms. The molecule has 2 atom stereocenters. The van der Waals surface area contributed by atoms with Gasteiger partial charge in [-0.3, -0.25) is 4.79 Å². The number of carboxylic acid groups (broad SMARTS) is 1. The maximum Gasteiger partial charge on any atom is 0.326 e. The highest BCUT2D eigenvalue weighted by Gasteiger charge is 2.21. The van der Waals surface area contributed by atoms with E-state index in [1.165, 1.54) is 18.0 Å². The maximum absolute atomic E-state index is 11.8. The van der Waals surface area contributed by atoms with Crippen molar-refractivity contribution in [2.45, 2.75) is 38.8 Å². The second-order valence-electron chi connectivity index (χ2n) is 4.29. The highest BCUT2D eigenvalue weighted by molar-refractivity contribution is 7.98. The van der Waals surface area contributed by atoms with Crippen molar-refractivity contribution in [1.82, 2.24) is 10.6 Å². The van der Waals surface area contributed by atoms with Crippen molar-refractivity contribution in [2.75, 3.05) is 12.0 Å². The highest BCUT2D eigenvalue weighted by Crippen LogP contribution is 2.03. The van der Waals surface area contributed by atoms with Crippen LogP contribution in [0.4, 0.5) is 0 Å². The highest BCUT2D eigenvalue weighted by atomic mass is 32.2. The Balaban J connectivity index is 4.67. The lowest BCUT2D eigenvalue weighted by Crippen LogP contribution is -2.42. The minimum Gasteiger partial charge on any atom is -0.480 e. The van der Waals surface area contributed by atoms with Gasteiger partial charge >= 0.3 is 5.97 Å². The molecule has 6 nitrogen and oxygen atoms in total. The lowest BCUT2D eigenvalue weighted by atomic mass is 10.2. The molecule has 0 saturated carbocycles. The van der Waals surface area contributed by atoms with Crippen molar-refractivity contribution in [3.8, 4) is 6.07 Å². The molecule has 3 N–H and O–H groups in total. The summed E-state index contributed by atoms with van der Waals surface area (Å²) in [5.74, 6) is -1.15. The molecular weight excluding hydrogens is 278 g/mol. The summed E-state index contributed by atoms with van der Waals surface area (Å²) in [7, 11) is 0. The molecule has 0 radical (unpaired) electrons. The van der Waals surface area contributed by atoms with Crippen LogP contribution in [0.3, 0.4) is 0 Å². The first-order valence-corrected chi connectivity index (χ1v) is 7.74. The van der Waals surface area contributed by atoms with Crippen LogP contribution in [-0.2, 0) is 9.59 Å². The molecule has 0 aliphatic rings. The van der Waals surface area contributed by atoms with Crippen LogP contribution in [0.15, 0.2) is 11.8 Å².